The van der Waals surface area contributed by atoms with Gasteiger partial charge in [0.05, 0.1) is 6.26 Å². The zero-order valence-corrected chi connectivity index (χ0v) is 14.6. The molecule has 1 aromatic carbocycles. The lowest BCUT2D eigenvalue weighted by Crippen LogP contribution is -2.13. The molecule has 0 N–H and O–H groups in total. The predicted octanol–water partition coefficient (Wildman–Crippen LogP) is 6.08. The molecule has 0 amide bonds. The van der Waals surface area contributed by atoms with Crippen LogP contribution in [-0.2, 0) is 4.74 Å². The second-order valence-electron chi connectivity index (χ2n) is 6.67. The highest BCUT2D eigenvalue weighted by atomic mass is 16.5. The molecule has 128 valence electrons. The third-order valence-corrected chi connectivity index (χ3v) is 5.00. The number of hydrogen-bond donors (Lipinski definition) is 0. The zero-order chi connectivity index (χ0) is 16.3. The SMILES string of the molecule is C=COCCOc1ccc(C2CCC(CCCCC)CC2)cc1. The van der Waals surface area contributed by atoms with Gasteiger partial charge >= 0.3 is 0 Å². The number of ether oxygens (including phenoxy) is 2. The van der Waals surface area contributed by atoms with Crippen LogP contribution in [0.3, 0.4) is 0 Å². The van der Waals surface area contributed by atoms with Crippen molar-refractivity contribution in [2.75, 3.05) is 13.2 Å². The Morgan fingerprint density at radius 1 is 1.04 bits per heavy atom. The van der Waals surface area contributed by atoms with Gasteiger partial charge in [0.15, 0.2) is 0 Å². The predicted molar refractivity (Wildman–Crippen MR) is 96.9 cm³/mol. The topological polar surface area (TPSA) is 18.5 Å². The van der Waals surface area contributed by atoms with E-state index < -0.39 is 0 Å². The van der Waals surface area contributed by atoms with E-state index in [0.29, 0.717) is 13.2 Å². The summed E-state index contributed by atoms with van der Waals surface area (Å²) in [6.07, 6.45) is 12.6. The first kappa shape index (κ1) is 17.9. The van der Waals surface area contributed by atoms with Crippen molar-refractivity contribution < 1.29 is 9.47 Å². The molecule has 1 aliphatic carbocycles. The van der Waals surface area contributed by atoms with Crippen molar-refractivity contribution in [3.05, 3.63) is 42.7 Å². The van der Waals surface area contributed by atoms with Gasteiger partial charge in [0.2, 0.25) is 0 Å². The summed E-state index contributed by atoms with van der Waals surface area (Å²) in [5.74, 6) is 2.65. The Morgan fingerprint density at radius 2 is 1.78 bits per heavy atom. The number of hydrogen-bond acceptors (Lipinski definition) is 2. The second kappa shape index (κ2) is 10.4. The summed E-state index contributed by atoms with van der Waals surface area (Å²) >= 11 is 0. The summed E-state index contributed by atoms with van der Waals surface area (Å²) in [6.45, 7) is 6.92. The largest absolute Gasteiger partial charge is 0.498 e. The van der Waals surface area contributed by atoms with Crippen molar-refractivity contribution in [2.24, 2.45) is 5.92 Å². The van der Waals surface area contributed by atoms with Crippen molar-refractivity contribution in [3.63, 3.8) is 0 Å². The van der Waals surface area contributed by atoms with Gasteiger partial charge in [-0.15, -0.1) is 0 Å². The molecule has 23 heavy (non-hydrogen) atoms. The van der Waals surface area contributed by atoms with Gasteiger partial charge in [0.1, 0.15) is 19.0 Å². The average Bonchev–Trinajstić information content (AvgIpc) is 2.60. The van der Waals surface area contributed by atoms with Crippen LogP contribution in [0.4, 0.5) is 0 Å². The standard InChI is InChI=1S/C21H32O2/c1-3-5-6-7-18-8-10-19(11-9-18)20-12-14-21(15-13-20)23-17-16-22-4-2/h4,12-15,18-19H,2-3,5-11,16-17H2,1H3. The molecule has 0 spiro atoms. The quantitative estimate of drug-likeness (QED) is 0.385. The molecule has 0 unspecified atom stereocenters. The summed E-state index contributed by atoms with van der Waals surface area (Å²) in [5, 5.41) is 0. The monoisotopic (exact) mass is 316 g/mol. The average molecular weight is 316 g/mol. The van der Waals surface area contributed by atoms with Gasteiger partial charge in [0.25, 0.3) is 0 Å². The summed E-state index contributed by atoms with van der Waals surface area (Å²) < 4.78 is 10.7. The van der Waals surface area contributed by atoms with Crippen LogP contribution in [0.25, 0.3) is 0 Å². The van der Waals surface area contributed by atoms with E-state index in [1.54, 1.807) is 0 Å². The van der Waals surface area contributed by atoms with Crippen LogP contribution >= 0.6 is 0 Å². The van der Waals surface area contributed by atoms with E-state index in [1.165, 1.54) is 63.2 Å². The molecule has 0 bridgehead atoms. The number of unbranched alkanes of at least 4 members (excludes halogenated alkanes) is 2. The molecule has 1 aromatic rings. The van der Waals surface area contributed by atoms with E-state index in [1.807, 2.05) is 0 Å². The lowest BCUT2D eigenvalue weighted by atomic mass is 9.77. The van der Waals surface area contributed by atoms with E-state index in [2.05, 4.69) is 37.8 Å². The molecule has 2 heteroatoms. The van der Waals surface area contributed by atoms with Gasteiger partial charge < -0.3 is 9.47 Å². The molecular formula is C21H32O2. The third-order valence-electron chi connectivity index (χ3n) is 5.00. The highest BCUT2D eigenvalue weighted by Gasteiger charge is 2.21. The highest BCUT2D eigenvalue weighted by Crippen LogP contribution is 2.38. The zero-order valence-electron chi connectivity index (χ0n) is 14.6. The molecule has 0 heterocycles. The highest BCUT2D eigenvalue weighted by molar-refractivity contribution is 5.29. The first-order valence-corrected chi connectivity index (χ1v) is 9.28. The van der Waals surface area contributed by atoms with E-state index in [9.17, 15) is 0 Å². The van der Waals surface area contributed by atoms with E-state index >= 15 is 0 Å². The summed E-state index contributed by atoms with van der Waals surface area (Å²) in [4.78, 5) is 0. The van der Waals surface area contributed by atoms with E-state index in [4.69, 9.17) is 9.47 Å². The van der Waals surface area contributed by atoms with Crippen LogP contribution < -0.4 is 4.74 Å². The van der Waals surface area contributed by atoms with Crippen molar-refractivity contribution in [3.8, 4) is 5.75 Å². The normalized spacial score (nSPS) is 20.9. The van der Waals surface area contributed by atoms with Gasteiger partial charge in [-0.05, 0) is 55.2 Å². The van der Waals surface area contributed by atoms with Gasteiger partial charge in [-0.1, -0.05) is 51.3 Å². The van der Waals surface area contributed by atoms with Crippen molar-refractivity contribution in [1.82, 2.24) is 0 Å². The molecular weight excluding hydrogens is 284 g/mol. The minimum absolute atomic E-state index is 0.549. The van der Waals surface area contributed by atoms with Gasteiger partial charge in [-0.3, -0.25) is 0 Å². The van der Waals surface area contributed by atoms with Gasteiger partial charge in [-0.2, -0.15) is 0 Å². The van der Waals surface area contributed by atoms with Gasteiger partial charge in [0, 0.05) is 0 Å². The minimum atomic E-state index is 0.549. The Labute approximate surface area is 141 Å². The van der Waals surface area contributed by atoms with Crippen LogP contribution in [-0.4, -0.2) is 13.2 Å². The van der Waals surface area contributed by atoms with Crippen LogP contribution in [0.1, 0.15) is 69.8 Å². The van der Waals surface area contributed by atoms with Crippen LogP contribution in [0.15, 0.2) is 37.1 Å². The van der Waals surface area contributed by atoms with E-state index in [0.717, 1.165) is 17.6 Å². The molecule has 2 nitrogen and oxygen atoms in total. The molecule has 1 fully saturated rings. The Bertz CT molecular complexity index is 430. The Balaban J connectivity index is 1.72. The Morgan fingerprint density at radius 3 is 2.43 bits per heavy atom. The maximum atomic E-state index is 5.65. The maximum Gasteiger partial charge on any atom is 0.122 e. The third kappa shape index (κ3) is 6.29. The number of benzene rings is 1. The second-order valence-corrected chi connectivity index (χ2v) is 6.67. The molecule has 1 aliphatic rings. The molecule has 0 saturated heterocycles. The first-order valence-electron chi connectivity index (χ1n) is 9.28. The van der Waals surface area contributed by atoms with Gasteiger partial charge in [-0.25, -0.2) is 0 Å². The molecule has 0 aromatic heterocycles. The summed E-state index contributed by atoms with van der Waals surface area (Å²) in [6, 6.07) is 8.67. The van der Waals surface area contributed by atoms with E-state index in [-0.39, 0.29) is 0 Å². The first-order chi connectivity index (χ1) is 11.3. The van der Waals surface area contributed by atoms with Crippen molar-refractivity contribution in [1.29, 1.82) is 0 Å². The fourth-order valence-electron chi connectivity index (χ4n) is 3.59. The summed E-state index contributed by atoms with van der Waals surface area (Å²) in [5.41, 5.74) is 1.48. The fraction of sp³-hybridized carbons (Fsp3) is 0.619. The Kier molecular flexibility index (Phi) is 8.06. The minimum Gasteiger partial charge on any atom is -0.498 e. The molecule has 2 rings (SSSR count). The Hall–Kier alpha value is -1.44. The van der Waals surface area contributed by atoms with Crippen LogP contribution in [0.2, 0.25) is 0 Å². The lowest BCUT2D eigenvalue weighted by Gasteiger charge is -2.29. The maximum absolute atomic E-state index is 5.65. The van der Waals surface area contributed by atoms with Crippen molar-refractivity contribution in [2.45, 2.75) is 64.2 Å². The fourth-order valence-corrected chi connectivity index (χ4v) is 3.59. The molecule has 0 radical (unpaired) electrons. The molecule has 0 atom stereocenters. The smallest absolute Gasteiger partial charge is 0.122 e. The van der Waals surface area contributed by atoms with Crippen LogP contribution in [0, 0.1) is 5.92 Å². The van der Waals surface area contributed by atoms with Crippen LogP contribution in [0.5, 0.6) is 5.75 Å². The number of rotatable bonds is 10. The molecule has 0 aliphatic heterocycles. The lowest BCUT2D eigenvalue weighted by molar-refractivity contribution is 0.179. The van der Waals surface area contributed by atoms with Crippen molar-refractivity contribution >= 4 is 0 Å². The summed E-state index contributed by atoms with van der Waals surface area (Å²) in [7, 11) is 0. The molecule has 1 saturated carbocycles.